The van der Waals surface area contributed by atoms with Crippen molar-refractivity contribution >= 4 is 39.1 Å². The molecule has 0 amide bonds. The third kappa shape index (κ3) is 3.04. The molecule has 0 saturated heterocycles. The van der Waals surface area contributed by atoms with Crippen LogP contribution in [0.3, 0.4) is 0 Å². The van der Waals surface area contributed by atoms with Crippen molar-refractivity contribution in [2.45, 2.75) is 36.6 Å². The molecule has 0 aliphatic heterocycles. The summed E-state index contributed by atoms with van der Waals surface area (Å²) >= 11 is 3.14. The Morgan fingerprint density at radius 1 is 1.18 bits per heavy atom. The van der Waals surface area contributed by atoms with E-state index in [0.717, 1.165) is 23.1 Å². The van der Waals surface area contributed by atoms with Crippen LogP contribution in [0.25, 0.3) is 15.9 Å². The molecule has 5 rings (SSSR count). The van der Waals surface area contributed by atoms with E-state index >= 15 is 0 Å². The van der Waals surface area contributed by atoms with Crippen LogP contribution in [-0.4, -0.2) is 24.7 Å². The predicted octanol–water partition coefficient (Wildman–Crippen LogP) is 4.16. The molecule has 0 saturated carbocycles. The molecule has 9 heteroatoms. The number of aromatic nitrogens is 5. The lowest BCUT2D eigenvalue weighted by molar-refractivity contribution is 0.613. The Labute approximate surface area is 169 Å². The molecule has 0 fully saturated rings. The predicted molar refractivity (Wildman–Crippen MR) is 109 cm³/mol. The molecule has 4 aromatic rings. The molecule has 0 radical (unpaired) electrons. The van der Waals surface area contributed by atoms with E-state index in [9.17, 15) is 4.39 Å². The Balaban J connectivity index is 1.43. The van der Waals surface area contributed by atoms with Crippen molar-refractivity contribution in [2.24, 2.45) is 0 Å². The van der Waals surface area contributed by atoms with E-state index < -0.39 is 0 Å². The molecule has 2 N–H and O–H groups in total. The van der Waals surface area contributed by atoms with E-state index in [1.165, 1.54) is 47.4 Å². The molecule has 1 aromatic carbocycles. The average Bonchev–Trinajstić information content (AvgIpc) is 3.31. The number of aryl methyl sites for hydroxylation is 2. The lowest BCUT2D eigenvalue weighted by Crippen LogP contribution is -2.03. The standard InChI is InChI=1S/C19H17FN6S2/c20-12-6-2-3-7-13(12)26-10-22-25-19(26)27-9-15-23-17(21)16-11-5-1-4-8-14(11)28-18(16)24-15/h2-3,6-7,10H,1,4-5,8-9H2,(H2,21,23,24). The first kappa shape index (κ1) is 17.6. The Morgan fingerprint density at radius 3 is 2.93 bits per heavy atom. The van der Waals surface area contributed by atoms with Gasteiger partial charge in [-0.2, -0.15) is 0 Å². The lowest BCUT2D eigenvalue weighted by Gasteiger charge is -2.10. The molecule has 0 atom stereocenters. The first-order valence-corrected chi connectivity index (χ1v) is 10.9. The Hall–Kier alpha value is -2.52. The summed E-state index contributed by atoms with van der Waals surface area (Å²) in [7, 11) is 0. The van der Waals surface area contributed by atoms with Gasteiger partial charge >= 0.3 is 0 Å². The molecule has 3 heterocycles. The third-order valence-corrected chi connectivity index (χ3v) is 6.97. The number of nitrogens with two attached hydrogens (primary N) is 1. The van der Waals surface area contributed by atoms with E-state index in [-0.39, 0.29) is 5.82 Å². The maximum Gasteiger partial charge on any atom is 0.196 e. The highest BCUT2D eigenvalue weighted by Gasteiger charge is 2.20. The fourth-order valence-corrected chi connectivity index (χ4v) is 5.63. The van der Waals surface area contributed by atoms with Gasteiger partial charge in [-0.1, -0.05) is 23.9 Å². The summed E-state index contributed by atoms with van der Waals surface area (Å²) < 4.78 is 15.7. The van der Waals surface area contributed by atoms with Crippen LogP contribution in [0.4, 0.5) is 10.2 Å². The summed E-state index contributed by atoms with van der Waals surface area (Å²) in [6, 6.07) is 6.55. The van der Waals surface area contributed by atoms with E-state index in [1.54, 1.807) is 34.1 Å². The first-order valence-electron chi connectivity index (χ1n) is 9.05. The molecule has 1 aliphatic rings. The van der Waals surface area contributed by atoms with Crippen molar-refractivity contribution in [1.29, 1.82) is 0 Å². The van der Waals surface area contributed by atoms with Gasteiger partial charge in [0.2, 0.25) is 0 Å². The highest BCUT2D eigenvalue weighted by atomic mass is 32.2. The van der Waals surface area contributed by atoms with Gasteiger partial charge in [0.25, 0.3) is 0 Å². The average molecular weight is 413 g/mol. The molecule has 0 bridgehead atoms. The molecular weight excluding hydrogens is 395 g/mol. The van der Waals surface area contributed by atoms with Crippen LogP contribution >= 0.6 is 23.1 Å². The Bertz CT molecular complexity index is 1170. The summed E-state index contributed by atoms with van der Waals surface area (Å²) in [6.07, 6.45) is 6.09. The van der Waals surface area contributed by atoms with Crippen LogP contribution in [0.1, 0.15) is 29.1 Å². The fourth-order valence-electron chi connectivity index (χ4n) is 3.56. The number of fused-ring (bicyclic) bond motifs is 3. The van der Waals surface area contributed by atoms with Gasteiger partial charge < -0.3 is 5.73 Å². The first-order chi connectivity index (χ1) is 13.7. The van der Waals surface area contributed by atoms with Crippen LogP contribution in [0.5, 0.6) is 0 Å². The summed E-state index contributed by atoms with van der Waals surface area (Å²) in [6.45, 7) is 0. The molecule has 0 spiro atoms. The van der Waals surface area contributed by atoms with Crippen molar-refractivity contribution in [3.8, 4) is 5.69 Å². The number of hydrogen-bond acceptors (Lipinski definition) is 7. The van der Waals surface area contributed by atoms with E-state index in [4.69, 9.17) is 10.7 Å². The van der Waals surface area contributed by atoms with Gasteiger partial charge in [-0.05, 0) is 43.4 Å². The molecule has 6 nitrogen and oxygen atoms in total. The lowest BCUT2D eigenvalue weighted by atomic mass is 9.97. The fraction of sp³-hybridized carbons (Fsp3) is 0.263. The molecule has 1 aliphatic carbocycles. The van der Waals surface area contributed by atoms with Crippen molar-refractivity contribution in [1.82, 2.24) is 24.7 Å². The smallest absolute Gasteiger partial charge is 0.196 e. The van der Waals surface area contributed by atoms with Gasteiger partial charge in [-0.3, -0.25) is 4.57 Å². The molecule has 142 valence electrons. The van der Waals surface area contributed by atoms with Crippen LogP contribution < -0.4 is 5.73 Å². The SMILES string of the molecule is Nc1nc(CSc2nncn2-c2ccccc2F)nc2sc3c(c12)CCCC3. The molecule has 3 aromatic heterocycles. The highest BCUT2D eigenvalue weighted by molar-refractivity contribution is 7.98. The van der Waals surface area contributed by atoms with Crippen molar-refractivity contribution in [2.75, 3.05) is 5.73 Å². The monoisotopic (exact) mass is 412 g/mol. The number of hydrogen-bond donors (Lipinski definition) is 1. The zero-order valence-electron chi connectivity index (χ0n) is 14.9. The number of nitrogens with zero attached hydrogens (tertiary/aromatic N) is 5. The molecule has 0 unspecified atom stereocenters. The van der Waals surface area contributed by atoms with Gasteiger partial charge in [-0.25, -0.2) is 14.4 Å². The minimum Gasteiger partial charge on any atom is -0.383 e. The van der Waals surface area contributed by atoms with Crippen LogP contribution in [0.2, 0.25) is 0 Å². The van der Waals surface area contributed by atoms with Gasteiger partial charge in [-0.15, -0.1) is 21.5 Å². The minimum absolute atomic E-state index is 0.324. The summed E-state index contributed by atoms with van der Waals surface area (Å²) in [5, 5.41) is 9.65. The van der Waals surface area contributed by atoms with E-state index in [1.807, 2.05) is 0 Å². The van der Waals surface area contributed by atoms with Crippen LogP contribution in [-0.2, 0) is 18.6 Å². The minimum atomic E-state index is -0.324. The van der Waals surface area contributed by atoms with Crippen molar-refractivity contribution in [3.63, 3.8) is 0 Å². The van der Waals surface area contributed by atoms with Crippen LogP contribution in [0.15, 0.2) is 35.7 Å². The molecular formula is C19H17FN6S2. The van der Waals surface area contributed by atoms with Gasteiger partial charge in [0, 0.05) is 4.88 Å². The second-order valence-electron chi connectivity index (χ2n) is 6.64. The largest absolute Gasteiger partial charge is 0.383 e. The number of nitrogen functional groups attached to an aromatic ring is 1. The third-order valence-electron chi connectivity index (χ3n) is 4.85. The quantitative estimate of drug-likeness (QED) is 0.507. The van der Waals surface area contributed by atoms with E-state index in [0.29, 0.717) is 28.2 Å². The van der Waals surface area contributed by atoms with Crippen molar-refractivity contribution in [3.05, 3.63) is 52.7 Å². The van der Waals surface area contributed by atoms with Crippen LogP contribution in [0, 0.1) is 5.82 Å². The number of benzene rings is 1. The number of anilines is 1. The Kier molecular flexibility index (Phi) is 4.48. The van der Waals surface area contributed by atoms with Gasteiger partial charge in [0.1, 0.15) is 28.6 Å². The zero-order chi connectivity index (χ0) is 19.1. The number of rotatable bonds is 4. The number of para-hydroxylation sites is 1. The maximum absolute atomic E-state index is 14.1. The summed E-state index contributed by atoms with van der Waals surface area (Å²) in [5.74, 6) is 1.36. The second-order valence-corrected chi connectivity index (χ2v) is 8.67. The second kappa shape index (κ2) is 7.14. The highest BCUT2D eigenvalue weighted by Crippen LogP contribution is 2.38. The summed E-state index contributed by atoms with van der Waals surface area (Å²) in [4.78, 5) is 11.6. The summed E-state index contributed by atoms with van der Waals surface area (Å²) in [5.41, 5.74) is 8.03. The topological polar surface area (TPSA) is 82.5 Å². The number of halogens is 1. The number of thioether (sulfide) groups is 1. The van der Waals surface area contributed by atoms with Crippen molar-refractivity contribution < 1.29 is 4.39 Å². The van der Waals surface area contributed by atoms with E-state index in [2.05, 4.69) is 15.2 Å². The zero-order valence-corrected chi connectivity index (χ0v) is 16.6. The Morgan fingerprint density at radius 2 is 2.04 bits per heavy atom. The van der Waals surface area contributed by atoms with Gasteiger partial charge in [0.15, 0.2) is 5.16 Å². The number of thiophene rings is 1. The molecule has 28 heavy (non-hydrogen) atoms. The van der Waals surface area contributed by atoms with Gasteiger partial charge in [0.05, 0.1) is 16.8 Å². The normalized spacial score (nSPS) is 13.8. The maximum atomic E-state index is 14.1.